The predicted octanol–water partition coefficient (Wildman–Crippen LogP) is 0.830. The molecule has 116 valence electrons. The summed E-state index contributed by atoms with van der Waals surface area (Å²) in [6.45, 7) is 2.93. The monoisotopic (exact) mass is 312 g/mol. The van der Waals surface area contributed by atoms with Gasteiger partial charge in [0.1, 0.15) is 5.76 Å². The van der Waals surface area contributed by atoms with Gasteiger partial charge in [-0.2, -0.15) is 0 Å². The Labute approximate surface area is 128 Å². The summed E-state index contributed by atoms with van der Waals surface area (Å²) in [4.78, 5) is 27.2. The van der Waals surface area contributed by atoms with Gasteiger partial charge in [-0.1, -0.05) is 0 Å². The molecule has 0 N–H and O–H groups in total. The van der Waals surface area contributed by atoms with E-state index in [0.717, 1.165) is 5.76 Å². The molecule has 7 heteroatoms. The van der Waals surface area contributed by atoms with Gasteiger partial charge in [-0.3, -0.25) is 9.59 Å². The van der Waals surface area contributed by atoms with Crippen LogP contribution in [0.25, 0.3) is 0 Å². The Morgan fingerprint density at radius 3 is 2.76 bits per heavy atom. The summed E-state index contributed by atoms with van der Waals surface area (Å²) in [5, 5.41) is 0. The molecule has 2 rings (SSSR count). The fourth-order valence-electron chi connectivity index (χ4n) is 1.96. The average Bonchev–Trinajstić information content (AvgIpc) is 3.00. The minimum absolute atomic E-state index is 0.00817. The number of ether oxygens (including phenoxy) is 1. The molecule has 0 bridgehead atoms. The highest BCUT2D eigenvalue weighted by atomic mass is 32.2. The molecule has 0 aliphatic carbocycles. The number of amides is 2. The number of carbonyl (C=O) groups is 2. The number of rotatable bonds is 6. The molecule has 0 atom stereocenters. The topological polar surface area (TPSA) is 63.0 Å². The van der Waals surface area contributed by atoms with Crippen LogP contribution in [0.1, 0.15) is 5.76 Å². The zero-order valence-electron chi connectivity index (χ0n) is 12.1. The molecule has 1 aromatic heterocycles. The molecule has 6 nitrogen and oxygen atoms in total. The fourth-order valence-corrected chi connectivity index (χ4v) is 2.82. The number of morpholine rings is 1. The van der Waals surface area contributed by atoms with Gasteiger partial charge in [0.15, 0.2) is 0 Å². The van der Waals surface area contributed by atoms with Gasteiger partial charge in [-0.15, -0.1) is 11.8 Å². The smallest absolute Gasteiger partial charge is 0.232 e. The van der Waals surface area contributed by atoms with E-state index in [9.17, 15) is 9.59 Å². The maximum Gasteiger partial charge on any atom is 0.232 e. The van der Waals surface area contributed by atoms with Crippen LogP contribution >= 0.6 is 11.8 Å². The highest BCUT2D eigenvalue weighted by Crippen LogP contribution is 2.09. The summed E-state index contributed by atoms with van der Waals surface area (Å²) < 4.78 is 10.4. The van der Waals surface area contributed by atoms with Crippen molar-refractivity contribution in [1.29, 1.82) is 0 Å². The van der Waals surface area contributed by atoms with Gasteiger partial charge in [0.25, 0.3) is 0 Å². The Hall–Kier alpha value is -1.47. The van der Waals surface area contributed by atoms with E-state index in [0.29, 0.717) is 44.4 Å². The molecule has 1 fully saturated rings. The Kier molecular flexibility index (Phi) is 6.13. The maximum absolute atomic E-state index is 11.9. The van der Waals surface area contributed by atoms with Crippen molar-refractivity contribution in [2.75, 3.05) is 44.9 Å². The third-order valence-corrected chi connectivity index (χ3v) is 4.12. The van der Waals surface area contributed by atoms with Gasteiger partial charge in [-0.05, 0) is 12.1 Å². The number of hydrogen-bond donors (Lipinski definition) is 0. The van der Waals surface area contributed by atoms with Gasteiger partial charge in [0.05, 0.1) is 37.5 Å². The number of nitrogens with zero attached hydrogens (tertiary/aromatic N) is 2. The normalized spacial score (nSPS) is 15.0. The highest BCUT2D eigenvalue weighted by Gasteiger charge is 2.17. The summed E-state index contributed by atoms with van der Waals surface area (Å²) in [7, 11) is 1.73. The van der Waals surface area contributed by atoms with Gasteiger partial charge < -0.3 is 19.0 Å². The van der Waals surface area contributed by atoms with Crippen LogP contribution in [0.4, 0.5) is 0 Å². The first kappa shape index (κ1) is 15.9. The number of furan rings is 1. The molecule has 21 heavy (non-hydrogen) atoms. The number of carbonyl (C=O) groups excluding carboxylic acids is 2. The highest BCUT2D eigenvalue weighted by molar-refractivity contribution is 8.00. The second-order valence-corrected chi connectivity index (χ2v) is 5.80. The molecule has 0 aromatic carbocycles. The molecular weight excluding hydrogens is 292 g/mol. The van der Waals surface area contributed by atoms with Crippen molar-refractivity contribution in [1.82, 2.24) is 9.80 Å². The third kappa shape index (κ3) is 5.09. The van der Waals surface area contributed by atoms with Crippen LogP contribution in [0.5, 0.6) is 0 Å². The lowest BCUT2D eigenvalue weighted by Crippen LogP contribution is -2.41. The molecule has 1 aliphatic rings. The molecule has 0 radical (unpaired) electrons. The van der Waals surface area contributed by atoms with Crippen LogP contribution in [-0.2, 0) is 20.9 Å². The van der Waals surface area contributed by atoms with E-state index in [-0.39, 0.29) is 11.8 Å². The largest absolute Gasteiger partial charge is 0.467 e. The van der Waals surface area contributed by atoms with Crippen LogP contribution in [0.2, 0.25) is 0 Å². The van der Waals surface area contributed by atoms with Crippen LogP contribution in [0.3, 0.4) is 0 Å². The van der Waals surface area contributed by atoms with Crippen LogP contribution < -0.4 is 0 Å². The second-order valence-electron chi connectivity index (χ2n) is 4.82. The number of hydrogen-bond acceptors (Lipinski definition) is 5. The molecule has 1 aliphatic heterocycles. The van der Waals surface area contributed by atoms with Gasteiger partial charge in [0, 0.05) is 20.1 Å². The van der Waals surface area contributed by atoms with E-state index in [1.807, 2.05) is 6.07 Å². The van der Waals surface area contributed by atoms with E-state index < -0.39 is 0 Å². The van der Waals surface area contributed by atoms with Gasteiger partial charge in [-0.25, -0.2) is 0 Å². The molecule has 0 spiro atoms. The van der Waals surface area contributed by atoms with Crippen LogP contribution in [0, 0.1) is 0 Å². The number of thioether (sulfide) groups is 1. The van der Waals surface area contributed by atoms with Crippen molar-refractivity contribution in [3.05, 3.63) is 24.2 Å². The van der Waals surface area contributed by atoms with Crippen LogP contribution in [-0.4, -0.2) is 66.5 Å². The standard InChI is InChI=1S/C14H20N2O4S/c1-15(9-12-3-2-6-20-12)13(17)10-21-11-14(18)16-4-7-19-8-5-16/h2-3,6H,4-5,7-11H2,1H3. The first-order chi connectivity index (χ1) is 10.2. The van der Waals surface area contributed by atoms with E-state index in [2.05, 4.69) is 0 Å². The van der Waals surface area contributed by atoms with Gasteiger partial charge in [0.2, 0.25) is 11.8 Å². The summed E-state index contributed by atoms with van der Waals surface area (Å²) in [6, 6.07) is 3.63. The Bertz CT molecular complexity index is 458. The first-order valence-electron chi connectivity index (χ1n) is 6.86. The SMILES string of the molecule is CN(Cc1ccco1)C(=O)CSCC(=O)N1CCOCC1. The Morgan fingerprint density at radius 2 is 2.10 bits per heavy atom. The summed E-state index contributed by atoms with van der Waals surface area (Å²) >= 11 is 1.35. The Balaban J connectivity index is 1.65. The van der Waals surface area contributed by atoms with E-state index in [1.54, 1.807) is 29.2 Å². The lowest BCUT2D eigenvalue weighted by atomic mass is 10.4. The van der Waals surface area contributed by atoms with Gasteiger partial charge >= 0.3 is 0 Å². The van der Waals surface area contributed by atoms with Crippen molar-refractivity contribution in [3.8, 4) is 0 Å². The third-order valence-electron chi connectivity index (χ3n) is 3.21. The van der Waals surface area contributed by atoms with Crippen molar-refractivity contribution >= 4 is 23.6 Å². The molecule has 2 heterocycles. The molecule has 1 saturated heterocycles. The second kappa shape index (κ2) is 8.09. The van der Waals surface area contributed by atoms with Crippen molar-refractivity contribution in [2.45, 2.75) is 6.54 Å². The van der Waals surface area contributed by atoms with E-state index >= 15 is 0 Å². The lowest BCUT2D eigenvalue weighted by molar-refractivity contribution is -0.132. The molecule has 0 saturated carbocycles. The Morgan fingerprint density at radius 1 is 1.33 bits per heavy atom. The minimum Gasteiger partial charge on any atom is -0.467 e. The molecule has 0 unspecified atom stereocenters. The predicted molar refractivity (Wildman–Crippen MR) is 79.9 cm³/mol. The van der Waals surface area contributed by atoms with E-state index in [4.69, 9.17) is 9.15 Å². The fraction of sp³-hybridized carbons (Fsp3) is 0.571. The summed E-state index contributed by atoms with van der Waals surface area (Å²) in [5.74, 6) is 1.45. The first-order valence-corrected chi connectivity index (χ1v) is 8.02. The zero-order valence-corrected chi connectivity index (χ0v) is 12.9. The zero-order chi connectivity index (χ0) is 15.1. The van der Waals surface area contributed by atoms with Crippen molar-refractivity contribution < 1.29 is 18.7 Å². The average molecular weight is 312 g/mol. The van der Waals surface area contributed by atoms with Crippen molar-refractivity contribution in [3.63, 3.8) is 0 Å². The minimum atomic E-state index is -0.00817. The van der Waals surface area contributed by atoms with E-state index in [1.165, 1.54) is 11.8 Å². The molecule has 1 aromatic rings. The summed E-state index contributed by atoms with van der Waals surface area (Å²) in [5.41, 5.74) is 0. The maximum atomic E-state index is 11.9. The summed E-state index contributed by atoms with van der Waals surface area (Å²) in [6.07, 6.45) is 1.59. The lowest BCUT2D eigenvalue weighted by Gasteiger charge is -2.26. The quantitative estimate of drug-likeness (QED) is 0.778. The van der Waals surface area contributed by atoms with Crippen LogP contribution in [0.15, 0.2) is 22.8 Å². The molecular formula is C14H20N2O4S. The van der Waals surface area contributed by atoms with Crippen molar-refractivity contribution in [2.24, 2.45) is 0 Å². The molecule has 2 amide bonds.